The summed E-state index contributed by atoms with van der Waals surface area (Å²) >= 11 is 0. The number of hydrogen-bond acceptors (Lipinski definition) is 4. The number of hydrogen-bond donors (Lipinski definition) is 4. The number of carbonyl (C=O) groups excluding carboxylic acids is 1. The van der Waals surface area contributed by atoms with Gasteiger partial charge in [0, 0.05) is 17.7 Å². The summed E-state index contributed by atoms with van der Waals surface area (Å²) < 4.78 is 36.1. The van der Waals surface area contributed by atoms with Gasteiger partial charge < -0.3 is 15.5 Å². The fraction of sp³-hybridized carbons (Fsp3) is 0.286. The van der Waals surface area contributed by atoms with Crippen molar-refractivity contribution in [2.45, 2.75) is 24.9 Å². The molecule has 0 saturated carbocycles. The Morgan fingerprint density at radius 1 is 1.35 bits per heavy atom. The molecule has 4 N–H and O–H groups in total. The van der Waals surface area contributed by atoms with E-state index < -0.39 is 31.0 Å². The average Bonchev–Trinajstić information content (AvgIpc) is 2.44. The Labute approximate surface area is 129 Å². The SMILES string of the molecule is C=C(CCC(F)(F)F)NC(=O)NC(O)(O)c1cccc(C#N)c1. The minimum atomic E-state index is -4.39. The van der Waals surface area contributed by atoms with E-state index in [1.54, 1.807) is 11.4 Å². The summed E-state index contributed by atoms with van der Waals surface area (Å²) in [5.74, 6) is -2.80. The van der Waals surface area contributed by atoms with Gasteiger partial charge in [0.2, 0.25) is 0 Å². The molecule has 0 unspecified atom stereocenters. The van der Waals surface area contributed by atoms with E-state index in [-0.39, 0.29) is 16.8 Å². The lowest BCUT2D eigenvalue weighted by Crippen LogP contribution is -2.49. The second-order valence-electron chi connectivity index (χ2n) is 4.66. The van der Waals surface area contributed by atoms with Gasteiger partial charge in [-0.2, -0.15) is 18.4 Å². The maximum atomic E-state index is 12.0. The smallest absolute Gasteiger partial charge is 0.345 e. The molecule has 1 aromatic carbocycles. The summed E-state index contributed by atoms with van der Waals surface area (Å²) in [6.45, 7) is 3.25. The highest BCUT2D eigenvalue weighted by molar-refractivity contribution is 5.76. The normalized spacial score (nSPS) is 11.5. The van der Waals surface area contributed by atoms with Crippen molar-refractivity contribution in [2.24, 2.45) is 0 Å². The van der Waals surface area contributed by atoms with E-state index in [2.05, 4.69) is 6.58 Å². The predicted molar refractivity (Wildman–Crippen MR) is 73.4 cm³/mol. The van der Waals surface area contributed by atoms with Gasteiger partial charge in [0.15, 0.2) is 0 Å². The van der Waals surface area contributed by atoms with Gasteiger partial charge in [-0.15, -0.1) is 0 Å². The number of carbonyl (C=O) groups is 1. The van der Waals surface area contributed by atoms with Gasteiger partial charge >= 0.3 is 12.2 Å². The first kappa shape index (κ1) is 18.5. The highest BCUT2D eigenvalue weighted by atomic mass is 19.4. The molecule has 0 spiro atoms. The van der Waals surface area contributed by atoms with Crippen LogP contribution in [0.5, 0.6) is 0 Å². The van der Waals surface area contributed by atoms with E-state index in [0.717, 1.165) is 6.07 Å². The van der Waals surface area contributed by atoms with Crippen LogP contribution in [0.4, 0.5) is 18.0 Å². The van der Waals surface area contributed by atoms with Gasteiger partial charge in [-0.05, 0) is 18.6 Å². The number of urea groups is 1. The van der Waals surface area contributed by atoms with Crippen LogP contribution in [-0.4, -0.2) is 22.4 Å². The van der Waals surface area contributed by atoms with Crippen molar-refractivity contribution >= 4 is 6.03 Å². The molecule has 0 heterocycles. The van der Waals surface area contributed by atoms with Crippen LogP contribution in [0, 0.1) is 11.3 Å². The maximum absolute atomic E-state index is 12.0. The lowest BCUT2D eigenvalue weighted by molar-refractivity contribution is -0.184. The maximum Gasteiger partial charge on any atom is 0.389 e. The average molecular weight is 329 g/mol. The monoisotopic (exact) mass is 329 g/mol. The van der Waals surface area contributed by atoms with Crippen molar-refractivity contribution in [2.75, 3.05) is 0 Å². The zero-order chi connectivity index (χ0) is 17.7. The lowest BCUT2D eigenvalue weighted by atomic mass is 10.1. The van der Waals surface area contributed by atoms with Gasteiger partial charge in [0.1, 0.15) is 0 Å². The molecule has 0 aliphatic rings. The molecular formula is C14H14F3N3O3. The molecule has 2 amide bonds. The molecule has 0 fully saturated rings. The summed E-state index contributed by atoms with van der Waals surface area (Å²) in [6, 6.07) is 5.81. The number of halogens is 3. The Morgan fingerprint density at radius 2 is 2.00 bits per heavy atom. The zero-order valence-corrected chi connectivity index (χ0v) is 11.8. The van der Waals surface area contributed by atoms with Gasteiger partial charge in [-0.25, -0.2) is 4.79 Å². The fourth-order valence-corrected chi connectivity index (χ4v) is 1.58. The van der Waals surface area contributed by atoms with Crippen LogP contribution in [0.1, 0.15) is 24.0 Å². The lowest BCUT2D eigenvalue weighted by Gasteiger charge is -2.24. The molecule has 124 valence electrons. The summed E-state index contributed by atoms with van der Waals surface area (Å²) in [7, 11) is 0. The Bertz CT molecular complexity index is 636. The van der Waals surface area contributed by atoms with Crippen LogP contribution >= 0.6 is 0 Å². The van der Waals surface area contributed by atoms with Crippen molar-refractivity contribution in [3.05, 3.63) is 47.7 Å². The minimum absolute atomic E-state index is 0.131. The number of aliphatic hydroxyl groups is 2. The minimum Gasteiger partial charge on any atom is -0.345 e. The van der Waals surface area contributed by atoms with Gasteiger partial charge in [0.05, 0.1) is 11.6 Å². The zero-order valence-electron chi connectivity index (χ0n) is 11.8. The Balaban J connectivity index is 2.64. The van der Waals surface area contributed by atoms with Gasteiger partial charge in [0.25, 0.3) is 5.91 Å². The van der Waals surface area contributed by atoms with Crippen LogP contribution in [0.2, 0.25) is 0 Å². The Morgan fingerprint density at radius 3 is 2.57 bits per heavy atom. The van der Waals surface area contributed by atoms with Crippen LogP contribution in [0.25, 0.3) is 0 Å². The summed E-state index contributed by atoms with van der Waals surface area (Å²) in [5, 5.41) is 32.1. The second kappa shape index (κ2) is 7.13. The van der Waals surface area contributed by atoms with Gasteiger partial charge in [-0.1, -0.05) is 18.7 Å². The molecule has 0 aromatic heterocycles. The first-order valence-electron chi connectivity index (χ1n) is 6.32. The molecule has 0 aliphatic carbocycles. The molecule has 9 heteroatoms. The molecule has 1 rings (SSSR count). The standard InChI is InChI=1S/C14H14F3N3O3/c1-9(5-6-13(15,16)17)19-12(21)20-14(22,23)11-4-2-3-10(7-11)8-18/h2-4,7,22-23H,1,5-6H2,(H2,19,20,21). The van der Waals surface area contributed by atoms with E-state index >= 15 is 0 Å². The summed E-state index contributed by atoms with van der Waals surface area (Å²) in [5.41, 5.74) is -0.291. The quantitative estimate of drug-likeness (QED) is 0.618. The number of rotatable bonds is 5. The van der Waals surface area contributed by atoms with Crippen molar-refractivity contribution in [1.29, 1.82) is 5.26 Å². The molecule has 0 saturated heterocycles. The van der Waals surface area contributed by atoms with Gasteiger partial charge in [-0.3, -0.25) is 5.32 Å². The molecular weight excluding hydrogens is 315 g/mol. The van der Waals surface area contributed by atoms with Crippen LogP contribution in [0.15, 0.2) is 36.5 Å². The van der Waals surface area contributed by atoms with E-state index in [9.17, 15) is 28.2 Å². The van der Waals surface area contributed by atoms with Crippen LogP contribution < -0.4 is 10.6 Å². The highest BCUT2D eigenvalue weighted by Gasteiger charge is 2.30. The number of nitrogens with zero attached hydrogens (tertiary/aromatic N) is 1. The molecule has 0 bridgehead atoms. The van der Waals surface area contributed by atoms with Crippen LogP contribution in [0.3, 0.4) is 0 Å². The topological polar surface area (TPSA) is 105 Å². The summed E-state index contributed by atoms with van der Waals surface area (Å²) in [6.07, 6.45) is -6.10. The molecule has 0 atom stereocenters. The second-order valence-corrected chi connectivity index (χ2v) is 4.66. The molecule has 0 aliphatic heterocycles. The molecule has 0 radical (unpaired) electrons. The summed E-state index contributed by atoms with van der Waals surface area (Å²) in [4.78, 5) is 11.6. The van der Waals surface area contributed by atoms with Crippen molar-refractivity contribution in [1.82, 2.24) is 10.6 Å². The van der Waals surface area contributed by atoms with Crippen molar-refractivity contribution < 1.29 is 28.2 Å². The fourth-order valence-electron chi connectivity index (χ4n) is 1.58. The number of alkyl halides is 3. The third-order valence-corrected chi connectivity index (χ3v) is 2.68. The van der Waals surface area contributed by atoms with E-state index in [1.165, 1.54) is 18.2 Å². The Hall–Kier alpha value is -2.57. The number of amides is 2. The molecule has 1 aromatic rings. The highest BCUT2D eigenvalue weighted by Crippen LogP contribution is 2.22. The van der Waals surface area contributed by atoms with Crippen molar-refractivity contribution in [3.63, 3.8) is 0 Å². The van der Waals surface area contributed by atoms with Crippen LogP contribution in [-0.2, 0) is 5.91 Å². The Kier molecular flexibility index (Phi) is 5.73. The van der Waals surface area contributed by atoms with E-state index in [0.29, 0.717) is 0 Å². The van der Waals surface area contributed by atoms with Crippen molar-refractivity contribution in [3.8, 4) is 6.07 Å². The number of nitrogens with one attached hydrogen (secondary N) is 2. The first-order valence-corrected chi connectivity index (χ1v) is 6.32. The number of benzene rings is 1. The van der Waals surface area contributed by atoms with E-state index in [1.807, 2.05) is 5.32 Å². The van der Waals surface area contributed by atoms with E-state index in [4.69, 9.17) is 5.26 Å². The number of allylic oxidation sites excluding steroid dienone is 1. The third kappa shape index (κ3) is 6.37. The molecule has 23 heavy (non-hydrogen) atoms. The number of nitriles is 1. The molecule has 6 nitrogen and oxygen atoms in total. The third-order valence-electron chi connectivity index (χ3n) is 2.68. The predicted octanol–water partition coefficient (Wildman–Crippen LogP) is 1.81. The first-order chi connectivity index (χ1) is 10.5. The largest absolute Gasteiger partial charge is 0.389 e.